The number of hydrogen-bond acceptors (Lipinski definition) is 1. The minimum Gasteiger partial charge on any atom is -0.399 e. The molecule has 0 radical (unpaired) electrons. The van der Waals surface area contributed by atoms with Crippen LogP contribution in [0.1, 0.15) is 12.8 Å². The van der Waals surface area contributed by atoms with Gasteiger partial charge >= 0.3 is 6.18 Å². The number of nitrogens with two attached hydrogens (primary N) is 1. The van der Waals surface area contributed by atoms with Crippen molar-refractivity contribution in [3.8, 4) is 0 Å². The van der Waals surface area contributed by atoms with Gasteiger partial charge in [-0.15, -0.1) is 0 Å². The summed E-state index contributed by atoms with van der Waals surface area (Å²) in [6.07, 6.45) is -2.94. The van der Waals surface area contributed by atoms with E-state index < -0.39 is 12.6 Å². The summed E-state index contributed by atoms with van der Waals surface area (Å²) in [6.45, 7) is 0.368. The van der Waals surface area contributed by atoms with Crippen molar-refractivity contribution >= 4 is 16.6 Å². The maximum atomic E-state index is 12.0. The van der Waals surface area contributed by atoms with E-state index >= 15 is 0 Å². The second-order valence-electron chi connectivity index (χ2n) is 4.05. The number of rotatable bonds is 3. The molecule has 0 aliphatic heterocycles. The lowest BCUT2D eigenvalue weighted by Crippen LogP contribution is -2.08. The molecule has 0 saturated carbocycles. The van der Waals surface area contributed by atoms with Crippen LogP contribution in [0.4, 0.5) is 18.9 Å². The van der Waals surface area contributed by atoms with Crippen molar-refractivity contribution in [3.05, 3.63) is 30.5 Å². The van der Waals surface area contributed by atoms with Crippen LogP contribution in [-0.4, -0.2) is 10.7 Å². The highest BCUT2D eigenvalue weighted by Crippen LogP contribution is 2.23. The van der Waals surface area contributed by atoms with Gasteiger partial charge in [-0.2, -0.15) is 13.2 Å². The molecule has 2 nitrogen and oxygen atoms in total. The minimum atomic E-state index is -4.08. The first-order valence-electron chi connectivity index (χ1n) is 5.37. The minimum absolute atomic E-state index is 0.0949. The Morgan fingerprint density at radius 2 is 1.94 bits per heavy atom. The van der Waals surface area contributed by atoms with Crippen LogP contribution in [0, 0.1) is 0 Å². The summed E-state index contributed by atoms with van der Waals surface area (Å²) < 4.78 is 37.9. The lowest BCUT2D eigenvalue weighted by atomic mass is 10.2. The van der Waals surface area contributed by atoms with Gasteiger partial charge in [-0.25, -0.2) is 0 Å². The number of nitrogens with zero attached hydrogens (tertiary/aromatic N) is 1. The molecule has 1 aromatic carbocycles. The Bertz CT molecular complexity index is 514. The van der Waals surface area contributed by atoms with Gasteiger partial charge < -0.3 is 10.3 Å². The van der Waals surface area contributed by atoms with Gasteiger partial charge in [0.1, 0.15) is 0 Å². The summed E-state index contributed by atoms with van der Waals surface area (Å²) in [6, 6.07) is 7.26. The SMILES string of the molecule is Nc1ccc2c(ccn2CCCC(F)(F)F)c1. The molecule has 17 heavy (non-hydrogen) atoms. The van der Waals surface area contributed by atoms with Crippen LogP contribution in [0.2, 0.25) is 0 Å². The van der Waals surface area contributed by atoms with Gasteiger partial charge in [0.15, 0.2) is 0 Å². The van der Waals surface area contributed by atoms with E-state index in [0.717, 1.165) is 10.9 Å². The molecule has 0 amide bonds. The number of alkyl halides is 3. The molecule has 0 saturated heterocycles. The second kappa shape index (κ2) is 4.31. The first kappa shape index (κ1) is 11.8. The third-order valence-corrected chi connectivity index (χ3v) is 2.65. The smallest absolute Gasteiger partial charge is 0.389 e. The molecular formula is C12H13F3N2. The van der Waals surface area contributed by atoms with Crippen LogP contribution < -0.4 is 5.73 Å². The summed E-state index contributed by atoms with van der Waals surface area (Å²) in [7, 11) is 0. The Kier molecular flexibility index (Phi) is 3.00. The van der Waals surface area contributed by atoms with Crippen molar-refractivity contribution in [2.75, 3.05) is 5.73 Å². The zero-order valence-electron chi connectivity index (χ0n) is 9.17. The Balaban J connectivity index is 2.09. The maximum absolute atomic E-state index is 12.0. The van der Waals surface area contributed by atoms with Gasteiger partial charge in [0, 0.05) is 35.8 Å². The van der Waals surface area contributed by atoms with E-state index in [4.69, 9.17) is 5.73 Å². The fourth-order valence-corrected chi connectivity index (χ4v) is 1.86. The zero-order chi connectivity index (χ0) is 12.5. The zero-order valence-corrected chi connectivity index (χ0v) is 9.17. The maximum Gasteiger partial charge on any atom is 0.389 e. The molecule has 0 aliphatic carbocycles. The molecule has 0 atom stereocenters. The molecule has 2 rings (SSSR count). The fourth-order valence-electron chi connectivity index (χ4n) is 1.86. The predicted molar refractivity (Wildman–Crippen MR) is 61.6 cm³/mol. The lowest BCUT2D eigenvalue weighted by molar-refractivity contribution is -0.135. The normalized spacial score (nSPS) is 12.2. The number of fused-ring (bicyclic) bond motifs is 1. The number of aryl methyl sites for hydroxylation is 1. The van der Waals surface area contributed by atoms with Crippen LogP contribution >= 0.6 is 0 Å². The van der Waals surface area contributed by atoms with E-state index in [1.54, 1.807) is 12.3 Å². The van der Waals surface area contributed by atoms with Crippen LogP contribution in [0.15, 0.2) is 30.5 Å². The van der Waals surface area contributed by atoms with Crippen molar-refractivity contribution in [1.82, 2.24) is 4.57 Å². The molecule has 5 heteroatoms. The number of anilines is 1. The van der Waals surface area contributed by atoms with Crippen LogP contribution in [-0.2, 0) is 6.54 Å². The van der Waals surface area contributed by atoms with Gasteiger partial charge in [0.05, 0.1) is 0 Å². The van der Waals surface area contributed by atoms with Gasteiger partial charge in [-0.05, 0) is 30.7 Å². The molecule has 0 aliphatic rings. The summed E-state index contributed by atoms with van der Waals surface area (Å²) in [5, 5.41) is 0.956. The van der Waals surface area contributed by atoms with Crippen LogP contribution in [0.3, 0.4) is 0 Å². The predicted octanol–water partition coefficient (Wildman–Crippen LogP) is 3.57. The third-order valence-electron chi connectivity index (χ3n) is 2.65. The van der Waals surface area contributed by atoms with Crippen LogP contribution in [0.5, 0.6) is 0 Å². The highest BCUT2D eigenvalue weighted by Gasteiger charge is 2.26. The average molecular weight is 242 g/mol. The van der Waals surface area contributed by atoms with Crippen LogP contribution in [0.25, 0.3) is 10.9 Å². The van der Waals surface area contributed by atoms with Crippen molar-refractivity contribution in [1.29, 1.82) is 0 Å². The number of halogens is 3. The molecule has 92 valence electrons. The molecule has 1 heterocycles. The van der Waals surface area contributed by atoms with E-state index in [0.29, 0.717) is 12.2 Å². The van der Waals surface area contributed by atoms with Crippen molar-refractivity contribution in [2.24, 2.45) is 0 Å². The first-order chi connectivity index (χ1) is 7.96. The highest BCUT2D eigenvalue weighted by molar-refractivity contribution is 5.83. The highest BCUT2D eigenvalue weighted by atomic mass is 19.4. The van der Waals surface area contributed by atoms with Gasteiger partial charge in [-0.3, -0.25) is 0 Å². The number of hydrogen-bond donors (Lipinski definition) is 1. The number of nitrogen functional groups attached to an aromatic ring is 1. The number of aromatic nitrogens is 1. The Labute approximate surface area is 96.8 Å². The average Bonchev–Trinajstić information content (AvgIpc) is 2.59. The van der Waals surface area contributed by atoms with Crippen molar-refractivity contribution in [3.63, 3.8) is 0 Å². The summed E-state index contributed by atoms with van der Waals surface area (Å²) in [5.41, 5.74) is 7.21. The Morgan fingerprint density at radius 3 is 2.65 bits per heavy atom. The summed E-state index contributed by atoms with van der Waals surface area (Å²) in [4.78, 5) is 0. The molecule has 0 fully saturated rings. The van der Waals surface area contributed by atoms with E-state index in [-0.39, 0.29) is 6.42 Å². The Morgan fingerprint density at radius 1 is 1.18 bits per heavy atom. The van der Waals surface area contributed by atoms with Gasteiger partial charge in [-0.1, -0.05) is 0 Å². The van der Waals surface area contributed by atoms with E-state index in [1.165, 1.54) is 0 Å². The molecule has 0 unspecified atom stereocenters. The molecule has 2 N–H and O–H groups in total. The third kappa shape index (κ3) is 2.93. The largest absolute Gasteiger partial charge is 0.399 e. The molecular weight excluding hydrogens is 229 g/mol. The van der Waals surface area contributed by atoms with E-state index in [9.17, 15) is 13.2 Å². The Hall–Kier alpha value is -1.65. The fraction of sp³-hybridized carbons (Fsp3) is 0.333. The van der Waals surface area contributed by atoms with Gasteiger partial charge in [0.25, 0.3) is 0 Å². The van der Waals surface area contributed by atoms with Gasteiger partial charge in [0.2, 0.25) is 0 Å². The second-order valence-corrected chi connectivity index (χ2v) is 4.05. The first-order valence-corrected chi connectivity index (χ1v) is 5.37. The van der Waals surface area contributed by atoms with E-state index in [2.05, 4.69) is 0 Å². The summed E-state index contributed by atoms with van der Waals surface area (Å²) in [5.74, 6) is 0. The topological polar surface area (TPSA) is 30.9 Å². The summed E-state index contributed by atoms with van der Waals surface area (Å²) >= 11 is 0. The molecule has 0 bridgehead atoms. The van der Waals surface area contributed by atoms with Crippen molar-refractivity contribution in [2.45, 2.75) is 25.6 Å². The molecule has 0 spiro atoms. The lowest BCUT2D eigenvalue weighted by Gasteiger charge is -2.08. The monoisotopic (exact) mass is 242 g/mol. The molecule has 1 aromatic heterocycles. The van der Waals surface area contributed by atoms with E-state index in [1.807, 2.05) is 22.8 Å². The number of benzene rings is 1. The van der Waals surface area contributed by atoms with Crippen molar-refractivity contribution < 1.29 is 13.2 Å². The molecule has 2 aromatic rings. The quantitative estimate of drug-likeness (QED) is 0.819. The standard InChI is InChI=1S/C12H13F3N2/c13-12(14,15)5-1-6-17-7-4-9-8-10(16)2-3-11(9)17/h2-4,7-8H,1,5-6,16H2.